The van der Waals surface area contributed by atoms with Crippen LogP contribution in [0.2, 0.25) is 0 Å². The Morgan fingerprint density at radius 3 is 2.43 bits per heavy atom. The number of rotatable bonds is 3. The van der Waals surface area contributed by atoms with Gasteiger partial charge >= 0.3 is 0 Å². The van der Waals surface area contributed by atoms with E-state index in [0.29, 0.717) is 12.0 Å². The van der Waals surface area contributed by atoms with Crippen molar-refractivity contribution in [3.63, 3.8) is 0 Å². The summed E-state index contributed by atoms with van der Waals surface area (Å²) in [5.74, 6) is -0.371. The lowest BCUT2D eigenvalue weighted by atomic mass is 9.84. The van der Waals surface area contributed by atoms with Gasteiger partial charge in [0.05, 0.1) is 5.70 Å². The summed E-state index contributed by atoms with van der Waals surface area (Å²) in [5, 5.41) is 3.53. The average Bonchev–Trinajstić information content (AvgIpc) is 2.52. The second-order valence-corrected chi connectivity index (χ2v) is 6.72. The van der Waals surface area contributed by atoms with Gasteiger partial charge in [0.15, 0.2) is 0 Å². The SMILES string of the molecule is CC1(C)Cc2ccccc2C(=C(Cc2ccccc2)C(N)=O)N1. The molecule has 0 unspecified atom stereocenters. The van der Waals surface area contributed by atoms with Gasteiger partial charge in [-0.3, -0.25) is 4.79 Å². The fourth-order valence-electron chi connectivity index (χ4n) is 3.18. The Balaban J connectivity index is 2.13. The number of benzene rings is 2. The molecule has 23 heavy (non-hydrogen) atoms. The van der Waals surface area contributed by atoms with Crippen molar-refractivity contribution in [2.24, 2.45) is 5.73 Å². The summed E-state index contributed by atoms with van der Waals surface area (Å²) >= 11 is 0. The third kappa shape index (κ3) is 3.29. The van der Waals surface area contributed by atoms with Gasteiger partial charge < -0.3 is 11.1 Å². The first-order valence-electron chi connectivity index (χ1n) is 7.90. The molecule has 2 aromatic rings. The maximum atomic E-state index is 12.1. The molecule has 3 rings (SSSR count). The van der Waals surface area contributed by atoms with E-state index in [4.69, 9.17) is 5.73 Å². The largest absolute Gasteiger partial charge is 0.379 e. The predicted octanol–water partition coefficient (Wildman–Crippen LogP) is 3.05. The zero-order valence-electron chi connectivity index (χ0n) is 13.6. The summed E-state index contributed by atoms with van der Waals surface area (Å²) in [5.41, 5.74) is 10.5. The molecule has 1 heterocycles. The quantitative estimate of drug-likeness (QED) is 0.856. The number of carbonyl (C=O) groups excluding carboxylic acids is 1. The van der Waals surface area contributed by atoms with E-state index in [1.807, 2.05) is 42.5 Å². The summed E-state index contributed by atoms with van der Waals surface area (Å²) in [6.45, 7) is 4.29. The fraction of sp³-hybridized carbons (Fsp3) is 0.250. The van der Waals surface area contributed by atoms with Crippen molar-refractivity contribution in [2.75, 3.05) is 0 Å². The fourth-order valence-corrected chi connectivity index (χ4v) is 3.18. The lowest BCUT2D eigenvalue weighted by Crippen LogP contribution is -2.45. The molecule has 3 nitrogen and oxygen atoms in total. The van der Waals surface area contributed by atoms with Gasteiger partial charge in [0.2, 0.25) is 5.91 Å². The standard InChI is InChI=1S/C20H22N2O/c1-20(2)13-15-10-6-7-11-16(15)18(22-20)17(19(21)23)12-14-8-4-3-5-9-14/h3-11,22H,12-13H2,1-2H3,(H2,21,23). The van der Waals surface area contributed by atoms with E-state index in [1.54, 1.807) is 0 Å². The van der Waals surface area contributed by atoms with Crippen LogP contribution in [0.5, 0.6) is 0 Å². The molecule has 1 amide bonds. The molecule has 0 aromatic heterocycles. The van der Waals surface area contributed by atoms with E-state index in [9.17, 15) is 4.79 Å². The Morgan fingerprint density at radius 1 is 1.09 bits per heavy atom. The van der Waals surface area contributed by atoms with Crippen LogP contribution in [-0.2, 0) is 17.6 Å². The third-order valence-electron chi connectivity index (χ3n) is 4.21. The Labute approximate surface area is 137 Å². The molecule has 0 atom stereocenters. The first kappa shape index (κ1) is 15.3. The van der Waals surface area contributed by atoms with E-state index in [1.165, 1.54) is 5.56 Å². The van der Waals surface area contributed by atoms with Crippen molar-refractivity contribution in [1.29, 1.82) is 0 Å². The van der Waals surface area contributed by atoms with Gasteiger partial charge in [-0.1, -0.05) is 54.6 Å². The minimum atomic E-state index is -0.371. The number of hydrogen-bond acceptors (Lipinski definition) is 2. The van der Waals surface area contributed by atoms with Crippen molar-refractivity contribution < 1.29 is 4.79 Å². The lowest BCUT2D eigenvalue weighted by Gasteiger charge is -2.36. The molecule has 3 heteroatoms. The van der Waals surface area contributed by atoms with Crippen LogP contribution in [0.25, 0.3) is 5.70 Å². The number of nitrogens with one attached hydrogen (secondary N) is 1. The molecule has 0 spiro atoms. The zero-order chi connectivity index (χ0) is 16.4. The molecule has 0 saturated carbocycles. The van der Waals surface area contributed by atoms with E-state index < -0.39 is 0 Å². The third-order valence-corrected chi connectivity index (χ3v) is 4.21. The lowest BCUT2D eigenvalue weighted by molar-refractivity contribution is -0.114. The normalized spacial score (nSPS) is 17.8. The Hall–Kier alpha value is -2.55. The highest BCUT2D eigenvalue weighted by Gasteiger charge is 2.30. The number of primary amides is 1. The van der Waals surface area contributed by atoms with Gasteiger partial charge in [-0.15, -0.1) is 0 Å². The van der Waals surface area contributed by atoms with Crippen LogP contribution < -0.4 is 11.1 Å². The zero-order valence-corrected chi connectivity index (χ0v) is 13.6. The summed E-state index contributed by atoms with van der Waals surface area (Å²) in [4.78, 5) is 12.1. The number of nitrogens with two attached hydrogens (primary N) is 1. The Morgan fingerprint density at radius 2 is 1.74 bits per heavy atom. The molecule has 3 N–H and O–H groups in total. The summed E-state index contributed by atoms with van der Waals surface area (Å²) in [7, 11) is 0. The van der Waals surface area contributed by atoms with E-state index in [2.05, 4.69) is 31.3 Å². The van der Waals surface area contributed by atoms with Gasteiger partial charge in [-0.05, 0) is 31.4 Å². The minimum Gasteiger partial charge on any atom is -0.379 e. The van der Waals surface area contributed by atoms with Crippen LogP contribution in [0.4, 0.5) is 0 Å². The van der Waals surface area contributed by atoms with Crippen LogP contribution >= 0.6 is 0 Å². The summed E-state index contributed by atoms with van der Waals surface area (Å²) in [6, 6.07) is 18.2. The molecule has 118 valence electrons. The van der Waals surface area contributed by atoms with Crippen molar-refractivity contribution in [1.82, 2.24) is 5.32 Å². The highest BCUT2D eigenvalue weighted by Crippen LogP contribution is 2.32. The second-order valence-electron chi connectivity index (χ2n) is 6.72. The monoisotopic (exact) mass is 306 g/mol. The van der Waals surface area contributed by atoms with Crippen LogP contribution in [-0.4, -0.2) is 11.4 Å². The molecule has 0 aliphatic carbocycles. The van der Waals surface area contributed by atoms with Crippen molar-refractivity contribution in [2.45, 2.75) is 32.2 Å². The molecule has 0 bridgehead atoms. The van der Waals surface area contributed by atoms with Gasteiger partial charge in [0, 0.05) is 23.1 Å². The van der Waals surface area contributed by atoms with Crippen molar-refractivity contribution >= 4 is 11.6 Å². The number of carbonyl (C=O) groups is 1. The van der Waals surface area contributed by atoms with Crippen molar-refractivity contribution in [3.05, 3.63) is 76.9 Å². The molecule has 0 fully saturated rings. The number of fused-ring (bicyclic) bond motifs is 1. The smallest absolute Gasteiger partial charge is 0.247 e. The van der Waals surface area contributed by atoms with Crippen LogP contribution in [0.15, 0.2) is 60.2 Å². The Kier molecular flexibility index (Phi) is 3.95. The highest BCUT2D eigenvalue weighted by molar-refractivity contribution is 6.00. The Bertz CT molecular complexity index is 760. The van der Waals surface area contributed by atoms with Crippen molar-refractivity contribution in [3.8, 4) is 0 Å². The molecule has 0 radical (unpaired) electrons. The molecular weight excluding hydrogens is 284 g/mol. The van der Waals surface area contributed by atoms with Gasteiger partial charge in [-0.2, -0.15) is 0 Å². The molecular formula is C20H22N2O. The number of hydrogen-bond donors (Lipinski definition) is 2. The predicted molar refractivity (Wildman–Crippen MR) is 93.6 cm³/mol. The molecule has 0 saturated heterocycles. The van der Waals surface area contributed by atoms with Crippen LogP contribution in [0.3, 0.4) is 0 Å². The van der Waals surface area contributed by atoms with E-state index >= 15 is 0 Å². The van der Waals surface area contributed by atoms with E-state index in [0.717, 1.165) is 23.2 Å². The van der Waals surface area contributed by atoms with E-state index in [-0.39, 0.29) is 11.4 Å². The topological polar surface area (TPSA) is 55.1 Å². The maximum Gasteiger partial charge on any atom is 0.247 e. The van der Waals surface area contributed by atoms with Gasteiger partial charge in [0.1, 0.15) is 0 Å². The average molecular weight is 306 g/mol. The molecule has 2 aromatic carbocycles. The first-order chi connectivity index (χ1) is 11.0. The molecule has 1 aliphatic rings. The first-order valence-corrected chi connectivity index (χ1v) is 7.90. The summed E-state index contributed by atoms with van der Waals surface area (Å²) in [6.07, 6.45) is 1.45. The molecule has 1 aliphatic heterocycles. The maximum absolute atomic E-state index is 12.1. The van der Waals surface area contributed by atoms with Gasteiger partial charge in [0.25, 0.3) is 0 Å². The minimum absolute atomic E-state index is 0.110. The van der Waals surface area contributed by atoms with Gasteiger partial charge in [-0.25, -0.2) is 0 Å². The van der Waals surface area contributed by atoms with Crippen LogP contribution in [0, 0.1) is 0 Å². The summed E-state index contributed by atoms with van der Waals surface area (Å²) < 4.78 is 0. The van der Waals surface area contributed by atoms with Crippen LogP contribution in [0.1, 0.15) is 30.5 Å². The highest BCUT2D eigenvalue weighted by atomic mass is 16.1. The number of amides is 1. The second kappa shape index (κ2) is 5.92.